The highest BCUT2D eigenvalue weighted by Crippen LogP contribution is 2.29. The van der Waals surface area contributed by atoms with E-state index in [1.807, 2.05) is 31.2 Å². The molecule has 1 aliphatic rings. The van der Waals surface area contributed by atoms with E-state index in [0.717, 1.165) is 40.9 Å². The van der Waals surface area contributed by atoms with Crippen molar-refractivity contribution in [3.8, 4) is 0 Å². The second kappa shape index (κ2) is 7.30. The van der Waals surface area contributed by atoms with E-state index in [1.54, 1.807) is 23.3 Å². The van der Waals surface area contributed by atoms with Crippen molar-refractivity contribution in [3.63, 3.8) is 0 Å². The SMILES string of the molecule is C[C@@H](c1nc2ccccc2s1)N(C)C(=O)COC(=O)C1CCCC1. The standard InChI is InChI=1S/C18H22N2O3S/c1-12(17-19-14-9-5-6-10-15(14)24-17)20(2)16(21)11-23-18(22)13-7-3-4-8-13/h5-6,9-10,12-13H,3-4,7-8,11H2,1-2H3/t12-/m0/s1. The van der Waals surface area contributed by atoms with Crippen molar-refractivity contribution in [2.24, 2.45) is 5.92 Å². The molecule has 0 unspecified atom stereocenters. The number of para-hydroxylation sites is 1. The third-order valence-electron chi connectivity index (χ3n) is 4.67. The van der Waals surface area contributed by atoms with Crippen LogP contribution in [0.15, 0.2) is 24.3 Å². The quantitative estimate of drug-likeness (QED) is 0.777. The molecule has 0 N–H and O–H groups in total. The Morgan fingerprint density at radius 2 is 2.04 bits per heavy atom. The molecule has 0 aliphatic heterocycles. The maximum Gasteiger partial charge on any atom is 0.309 e. The summed E-state index contributed by atoms with van der Waals surface area (Å²) in [6, 6.07) is 7.77. The van der Waals surface area contributed by atoms with E-state index in [9.17, 15) is 9.59 Å². The summed E-state index contributed by atoms with van der Waals surface area (Å²) in [6.07, 6.45) is 3.90. The molecule has 5 nitrogen and oxygen atoms in total. The summed E-state index contributed by atoms with van der Waals surface area (Å²) in [5.74, 6) is -0.459. The minimum atomic E-state index is -0.234. The Morgan fingerprint density at radius 1 is 1.33 bits per heavy atom. The van der Waals surface area contributed by atoms with Gasteiger partial charge in [-0.2, -0.15) is 0 Å². The number of nitrogens with zero attached hydrogens (tertiary/aromatic N) is 2. The van der Waals surface area contributed by atoms with Crippen LogP contribution >= 0.6 is 11.3 Å². The molecule has 1 heterocycles. The van der Waals surface area contributed by atoms with Gasteiger partial charge in [-0.25, -0.2) is 4.98 Å². The number of hydrogen-bond donors (Lipinski definition) is 0. The predicted molar refractivity (Wildman–Crippen MR) is 93.7 cm³/mol. The average molecular weight is 346 g/mol. The van der Waals surface area contributed by atoms with Crippen LogP contribution in [-0.4, -0.2) is 35.4 Å². The molecule has 1 saturated carbocycles. The first-order valence-electron chi connectivity index (χ1n) is 8.34. The van der Waals surface area contributed by atoms with Gasteiger partial charge in [-0.05, 0) is 31.9 Å². The Labute approximate surface area is 145 Å². The first kappa shape index (κ1) is 16.9. The number of likely N-dealkylation sites (N-methyl/N-ethyl adjacent to an activating group) is 1. The van der Waals surface area contributed by atoms with Gasteiger partial charge in [-0.1, -0.05) is 25.0 Å². The van der Waals surface area contributed by atoms with Crippen molar-refractivity contribution >= 4 is 33.4 Å². The normalized spacial score (nSPS) is 16.2. The topological polar surface area (TPSA) is 59.5 Å². The summed E-state index contributed by atoms with van der Waals surface area (Å²) < 4.78 is 6.31. The van der Waals surface area contributed by atoms with Gasteiger partial charge < -0.3 is 9.64 Å². The van der Waals surface area contributed by atoms with Crippen LogP contribution in [0, 0.1) is 5.92 Å². The van der Waals surface area contributed by atoms with Crippen LogP contribution in [0.4, 0.5) is 0 Å². The molecular weight excluding hydrogens is 324 g/mol. The van der Waals surface area contributed by atoms with E-state index in [4.69, 9.17) is 4.74 Å². The lowest BCUT2D eigenvalue weighted by Crippen LogP contribution is -2.34. The fourth-order valence-corrected chi connectivity index (χ4v) is 4.03. The van der Waals surface area contributed by atoms with Crippen molar-refractivity contribution in [3.05, 3.63) is 29.3 Å². The Kier molecular flexibility index (Phi) is 5.14. The van der Waals surface area contributed by atoms with Gasteiger partial charge in [-0.15, -0.1) is 11.3 Å². The fourth-order valence-electron chi connectivity index (χ4n) is 2.96. The van der Waals surface area contributed by atoms with Crippen LogP contribution in [0.25, 0.3) is 10.2 Å². The molecule has 3 rings (SSSR count). The lowest BCUT2D eigenvalue weighted by molar-refractivity contribution is -0.155. The molecule has 2 aromatic rings. The minimum Gasteiger partial charge on any atom is -0.455 e. The molecule has 6 heteroatoms. The molecule has 1 aromatic heterocycles. The van der Waals surface area contributed by atoms with Crippen molar-refractivity contribution in [1.29, 1.82) is 0 Å². The molecule has 0 bridgehead atoms. The Balaban J connectivity index is 1.58. The second-order valence-electron chi connectivity index (χ2n) is 6.29. The molecule has 24 heavy (non-hydrogen) atoms. The number of hydrogen-bond acceptors (Lipinski definition) is 5. The largest absolute Gasteiger partial charge is 0.455 e. The lowest BCUT2D eigenvalue weighted by Gasteiger charge is -2.23. The molecule has 1 aliphatic carbocycles. The number of thiazole rings is 1. The van der Waals surface area contributed by atoms with Crippen LogP contribution in [0.2, 0.25) is 0 Å². The van der Waals surface area contributed by atoms with Gasteiger partial charge in [0.15, 0.2) is 6.61 Å². The number of aromatic nitrogens is 1. The van der Waals surface area contributed by atoms with Gasteiger partial charge in [0.1, 0.15) is 5.01 Å². The third kappa shape index (κ3) is 3.59. The lowest BCUT2D eigenvalue weighted by atomic mass is 10.1. The molecule has 0 radical (unpaired) electrons. The smallest absolute Gasteiger partial charge is 0.309 e. The molecule has 0 saturated heterocycles. The first-order chi connectivity index (χ1) is 11.6. The number of amides is 1. The van der Waals surface area contributed by atoms with E-state index in [-0.39, 0.29) is 30.4 Å². The van der Waals surface area contributed by atoms with E-state index in [2.05, 4.69) is 4.98 Å². The van der Waals surface area contributed by atoms with Crippen molar-refractivity contribution in [2.75, 3.05) is 13.7 Å². The van der Waals surface area contributed by atoms with Crippen molar-refractivity contribution in [2.45, 2.75) is 38.6 Å². The maximum absolute atomic E-state index is 12.3. The summed E-state index contributed by atoms with van der Waals surface area (Å²) in [5, 5.41) is 0.883. The van der Waals surface area contributed by atoms with Crippen LogP contribution in [-0.2, 0) is 14.3 Å². The zero-order valence-electron chi connectivity index (χ0n) is 14.0. The second-order valence-corrected chi connectivity index (χ2v) is 7.35. The van der Waals surface area contributed by atoms with E-state index in [1.165, 1.54) is 0 Å². The Bertz CT molecular complexity index is 704. The number of rotatable bonds is 5. The predicted octanol–water partition coefficient (Wildman–Crippen LogP) is 3.55. The van der Waals surface area contributed by atoms with E-state index in [0.29, 0.717) is 0 Å². The zero-order valence-corrected chi connectivity index (χ0v) is 14.8. The summed E-state index contributed by atoms with van der Waals surface area (Å²) >= 11 is 1.58. The third-order valence-corrected chi connectivity index (χ3v) is 5.88. The highest BCUT2D eigenvalue weighted by atomic mass is 32.1. The number of benzene rings is 1. The summed E-state index contributed by atoms with van der Waals surface area (Å²) in [4.78, 5) is 30.4. The maximum atomic E-state index is 12.3. The summed E-state index contributed by atoms with van der Waals surface area (Å²) in [7, 11) is 1.72. The van der Waals surface area contributed by atoms with E-state index >= 15 is 0 Å². The number of fused-ring (bicyclic) bond motifs is 1. The molecule has 1 aromatic carbocycles. The van der Waals surface area contributed by atoms with Gasteiger partial charge in [0, 0.05) is 7.05 Å². The molecule has 0 spiro atoms. The first-order valence-corrected chi connectivity index (χ1v) is 9.15. The van der Waals surface area contributed by atoms with E-state index < -0.39 is 0 Å². The van der Waals surface area contributed by atoms with Gasteiger partial charge in [0.05, 0.1) is 22.2 Å². The van der Waals surface area contributed by atoms with Crippen LogP contribution in [0.1, 0.15) is 43.7 Å². The molecule has 1 fully saturated rings. The number of carbonyl (C=O) groups excluding carboxylic acids is 2. The number of esters is 1. The van der Waals surface area contributed by atoms with Gasteiger partial charge in [0.2, 0.25) is 0 Å². The number of ether oxygens (including phenoxy) is 1. The van der Waals surface area contributed by atoms with Gasteiger partial charge >= 0.3 is 5.97 Å². The Morgan fingerprint density at radius 3 is 2.75 bits per heavy atom. The minimum absolute atomic E-state index is 0.0233. The molecule has 1 atom stereocenters. The van der Waals surface area contributed by atoms with Crippen molar-refractivity contribution < 1.29 is 14.3 Å². The summed E-state index contributed by atoms with van der Waals surface area (Å²) in [6.45, 7) is 1.75. The van der Waals surface area contributed by atoms with Crippen molar-refractivity contribution in [1.82, 2.24) is 9.88 Å². The van der Waals surface area contributed by atoms with Crippen LogP contribution in [0.5, 0.6) is 0 Å². The molecule has 128 valence electrons. The van der Waals surface area contributed by atoms with Crippen LogP contribution < -0.4 is 0 Å². The molecular formula is C18H22N2O3S. The monoisotopic (exact) mass is 346 g/mol. The highest BCUT2D eigenvalue weighted by Gasteiger charge is 2.26. The van der Waals surface area contributed by atoms with Gasteiger partial charge in [-0.3, -0.25) is 9.59 Å². The van der Waals surface area contributed by atoms with Crippen LogP contribution in [0.3, 0.4) is 0 Å². The Hall–Kier alpha value is -1.95. The van der Waals surface area contributed by atoms with Gasteiger partial charge in [0.25, 0.3) is 5.91 Å². The molecule has 1 amide bonds. The zero-order chi connectivity index (χ0) is 17.1. The fraction of sp³-hybridized carbons (Fsp3) is 0.500. The summed E-state index contributed by atoms with van der Waals surface area (Å²) in [5.41, 5.74) is 0.942. The number of carbonyl (C=O) groups is 2. The highest BCUT2D eigenvalue weighted by molar-refractivity contribution is 7.18. The average Bonchev–Trinajstić information content (AvgIpc) is 3.26.